The van der Waals surface area contributed by atoms with Gasteiger partial charge in [-0.2, -0.15) is 11.8 Å². The summed E-state index contributed by atoms with van der Waals surface area (Å²) in [7, 11) is 2.18. The molecule has 0 saturated carbocycles. The van der Waals surface area contributed by atoms with E-state index in [0.717, 1.165) is 5.69 Å². The number of nitrogens with two attached hydrogens (primary N) is 1. The lowest BCUT2D eigenvalue weighted by Gasteiger charge is -2.26. The quantitative estimate of drug-likeness (QED) is 0.780. The second kappa shape index (κ2) is 4.35. The predicted octanol–water partition coefficient (Wildman–Crippen LogP) is 2.52. The van der Waals surface area contributed by atoms with Crippen molar-refractivity contribution < 1.29 is 0 Å². The van der Waals surface area contributed by atoms with E-state index < -0.39 is 0 Å². The molecule has 0 spiro atoms. The molecule has 82 valence electrons. The van der Waals surface area contributed by atoms with Gasteiger partial charge in [-0.05, 0) is 42.9 Å². The van der Waals surface area contributed by atoms with Gasteiger partial charge in [-0.15, -0.1) is 0 Å². The van der Waals surface area contributed by atoms with Crippen LogP contribution in [0.2, 0.25) is 0 Å². The summed E-state index contributed by atoms with van der Waals surface area (Å²) in [5.41, 5.74) is 9.16. The third-order valence-corrected chi connectivity index (χ3v) is 4.26. The van der Waals surface area contributed by atoms with Gasteiger partial charge in [0, 0.05) is 30.2 Å². The lowest BCUT2D eigenvalue weighted by Crippen LogP contribution is -2.31. The molecule has 1 aliphatic heterocycles. The van der Waals surface area contributed by atoms with Gasteiger partial charge >= 0.3 is 0 Å². The van der Waals surface area contributed by atoms with E-state index in [4.69, 9.17) is 5.73 Å². The minimum atomic E-state index is 0.693. The van der Waals surface area contributed by atoms with Crippen LogP contribution in [-0.2, 0) is 0 Å². The van der Waals surface area contributed by atoms with Gasteiger partial charge in [-0.1, -0.05) is 0 Å². The van der Waals surface area contributed by atoms with Gasteiger partial charge in [-0.3, -0.25) is 0 Å². The van der Waals surface area contributed by atoms with Crippen LogP contribution >= 0.6 is 11.8 Å². The molecule has 1 aromatic rings. The third kappa shape index (κ3) is 2.23. The zero-order valence-corrected chi connectivity index (χ0v) is 10.2. The summed E-state index contributed by atoms with van der Waals surface area (Å²) >= 11 is 2.05. The molecule has 0 aromatic heterocycles. The molecule has 1 aliphatic rings. The largest absolute Gasteiger partial charge is 0.399 e. The first kappa shape index (κ1) is 10.7. The van der Waals surface area contributed by atoms with E-state index in [2.05, 4.69) is 31.0 Å². The fourth-order valence-electron chi connectivity index (χ4n) is 1.92. The van der Waals surface area contributed by atoms with Crippen molar-refractivity contribution in [1.82, 2.24) is 0 Å². The molecule has 1 aromatic carbocycles. The first-order chi connectivity index (χ1) is 7.18. The minimum absolute atomic E-state index is 0.693. The van der Waals surface area contributed by atoms with Crippen LogP contribution in [-0.4, -0.2) is 24.6 Å². The molecule has 1 heterocycles. The zero-order chi connectivity index (χ0) is 10.8. The second-order valence-electron chi connectivity index (χ2n) is 4.17. The summed E-state index contributed by atoms with van der Waals surface area (Å²) in [6.45, 7) is 2.07. The van der Waals surface area contributed by atoms with Gasteiger partial charge < -0.3 is 10.6 Å². The summed E-state index contributed by atoms with van der Waals surface area (Å²) in [5, 5.41) is 0. The van der Waals surface area contributed by atoms with E-state index in [0.29, 0.717) is 6.04 Å². The van der Waals surface area contributed by atoms with E-state index in [1.807, 2.05) is 17.8 Å². The van der Waals surface area contributed by atoms with Crippen LogP contribution < -0.4 is 10.6 Å². The third-order valence-electron chi connectivity index (χ3n) is 3.11. The Kier molecular flexibility index (Phi) is 3.10. The first-order valence-corrected chi connectivity index (χ1v) is 6.50. The number of thioether (sulfide) groups is 1. The maximum Gasteiger partial charge on any atom is 0.0385 e. The fourth-order valence-corrected chi connectivity index (χ4v) is 3.19. The molecule has 2 N–H and O–H groups in total. The van der Waals surface area contributed by atoms with Gasteiger partial charge in [0.1, 0.15) is 0 Å². The standard InChI is InChI=1S/C12H18N2S/c1-9-7-10(3-4-12(9)13)14(2)11-5-6-15-8-11/h3-4,7,11H,5-6,8,13H2,1-2H3. The van der Waals surface area contributed by atoms with Crippen molar-refractivity contribution in [3.8, 4) is 0 Å². The van der Waals surface area contributed by atoms with Crippen LogP contribution in [0.25, 0.3) is 0 Å². The molecule has 1 saturated heterocycles. The van der Waals surface area contributed by atoms with Crippen LogP contribution in [0.3, 0.4) is 0 Å². The van der Waals surface area contributed by atoms with Crippen molar-refractivity contribution in [3.63, 3.8) is 0 Å². The number of nitrogen functional groups attached to an aromatic ring is 1. The van der Waals surface area contributed by atoms with Crippen molar-refractivity contribution in [2.24, 2.45) is 0 Å². The highest BCUT2D eigenvalue weighted by atomic mass is 32.2. The van der Waals surface area contributed by atoms with Crippen LogP contribution in [0.4, 0.5) is 11.4 Å². The summed E-state index contributed by atoms with van der Waals surface area (Å²) in [5.74, 6) is 2.54. The number of nitrogens with zero attached hydrogens (tertiary/aromatic N) is 1. The number of rotatable bonds is 2. The van der Waals surface area contributed by atoms with E-state index in [1.165, 1.54) is 29.2 Å². The molecular formula is C12H18N2S. The molecule has 1 fully saturated rings. The fraction of sp³-hybridized carbons (Fsp3) is 0.500. The lowest BCUT2D eigenvalue weighted by atomic mass is 10.1. The predicted molar refractivity (Wildman–Crippen MR) is 69.7 cm³/mol. The minimum Gasteiger partial charge on any atom is -0.399 e. The molecule has 0 amide bonds. The molecule has 0 aliphatic carbocycles. The first-order valence-electron chi connectivity index (χ1n) is 5.35. The van der Waals surface area contributed by atoms with Gasteiger partial charge in [0.2, 0.25) is 0 Å². The summed E-state index contributed by atoms with van der Waals surface area (Å²) in [4.78, 5) is 2.38. The molecule has 0 bridgehead atoms. The Balaban J connectivity index is 2.17. The average Bonchev–Trinajstić information content (AvgIpc) is 2.74. The Morgan fingerprint density at radius 2 is 2.27 bits per heavy atom. The van der Waals surface area contributed by atoms with Crippen LogP contribution in [0.5, 0.6) is 0 Å². The maximum atomic E-state index is 5.82. The monoisotopic (exact) mass is 222 g/mol. The molecule has 1 unspecified atom stereocenters. The van der Waals surface area contributed by atoms with Gasteiger partial charge in [0.25, 0.3) is 0 Å². The Morgan fingerprint density at radius 3 is 2.87 bits per heavy atom. The highest BCUT2D eigenvalue weighted by molar-refractivity contribution is 7.99. The average molecular weight is 222 g/mol. The number of benzene rings is 1. The Morgan fingerprint density at radius 1 is 1.47 bits per heavy atom. The molecule has 2 rings (SSSR count). The smallest absolute Gasteiger partial charge is 0.0385 e. The molecule has 3 heteroatoms. The maximum absolute atomic E-state index is 5.82. The van der Waals surface area contributed by atoms with Crippen molar-refractivity contribution in [2.45, 2.75) is 19.4 Å². The summed E-state index contributed by atoms with van der Waals surface area (Å²) < 4.78 is 0. The molecule has 15 heavy (non-hydrogen) atoms. The van der Waals surface area contributed by atoms with Crippen LogP contribution in [0.1, 0.15) is 12.0 Å². The molecule has 2 nitrogen and oxygen atoms in total. The zero-order valence-electron chi connectivity index (χ0n) is 9.36. The van der Waals surface area contributed by atoms with Crippen molar-refractivity contribution in [1.29, 1.82) is 0 Å². The number of hydrogen-bond acceptors (Lipinski definition) is 3. The Hall–Kier alpha value is -0.830. The highest BCUT2D eigenvalue weighted by Gasteiger charge is 2.20. The Labute approximate surface area is 95.8 Å². The topological polar surface area (TPSA) is 29.3 Å². The second-order valence-corrected chi connectivity index (χ2v) is 5.32. The normalized spacial score (nSPS) is 20.5. The number of aryl methyl sites for hydroxylation is 1. The highest BCUT2D eigenvalue weighted by Crippen LogP contribution is 2.27. The van der Waals surface area contributed by atoms with Crippen molar-refractivity contribution in [3.05, 3.63) is 23.8 Å². The van der Waals surface area contributed by atoms with Gasteiger partial charge in [-0.25, -0.2) is 0 Å². The van der Waals surface area contributed by atoms with E-state index >= 15 is 0 Å². The van der Waals surface area contributed by atoms with E-state index in [-0.39, 0.29) is 0 Å². The van der Waals surface area contributed by atoms with E-state index in [9.17, 15) is 0 Å². The number of anilines is 2. The lowest BCUT2D eigenvalue weighted by molar-refractivity contribution is 0.700. The van der Waals surface area contributed by atoms with Crippen molar-refractivity contribution >= 4 is 23.1 Å². The van der Waals surface area contributed by atoms with Crippen LogP contribution in [0, 0.1) is 6.92 Å². The summed E-state index contributed by atoms with van der Waals surface area (Å²) in [6, 6.07) is 6.99. The van der Waals surface area contributed by atoms with Gasteiger partial charge in [0.05, 0.1) is 0 Å². The number of hydrogen-bond donors (Lipinski definition) is 1. The van der Waals surface area contributed by atoms with Crippen LogP contribution in [0.15, 0.2) is 18.2 Å². The molecular weight excluding hydrogens is 204 g/mol. The molecule has 1 atom stereocenters. The summed E-state index contributed by atoms with van der Waals surface area (Å²) in [6.07, 6.45) is 1.30. The van der Waals surface area contributed by atoms with Gasteiger partial charge in [0.15, 0.2) is 0 Å². The van der Waals surface area contributed by atoms with E-state index in [1.54, 1.807) is 0 Å². The SMILES string of the molecule is Cc1cc(N(C)C2CCSC2)ccc1N. The van der Waals surface area contributed by atoms with Crippen molar-refractivity contribution in [2.75, 3.05) is 29.2 Å². The molecule has 0 radical (unpaired) electrons. The Bertz CT molecular complexity index is 345.